The second kappa shape index (κ2) is 3.81. The number of hydrogen-bond donors (Lipinski definition) is 1. The molecule has 1 N–H and O–H groups in total. The molecule has 18 heavy (non-hydrogen) atoms. The van der Waals surface area contributed by atoms with Crippen LogP contribution in [0, 0.1) is 5.41 Å². The fraction of sp³-hybridized carbons (Fsp3) is 0.643. The summed E-state index contributed by atoms with van der Waals surface area (Å²) in [5.74, 6) is 0.300. The number of amides is 1. The minimum absolute atomic E-state index is 0.0745. The van der Waals surface area contributed by atoms with Crippen LogP contribution in [0.15, 0.2) is 16.8 Å². The van der Waals surface area contributed by atoms with Crippen LogP contribution in [0.5, 0.6) is 0 Å². The van der Waals surface area contributed by atoms with E-state index in [0.29, 0.717) is 5.91 Å². The highest BCUT2D eigenvalue weighted by atomic mass is 32.1. The number of nitrogens with one attached hydrogen (secondary N) is 1. The van der Waals surface area contributed by atoms with Crippen molar-refractivity contribution in [3.8, 4) is 0 Å². The van der Waals surface area contributed by atoms with E-state index in [9.17, 15) is 4.79 Å². The molecule has 1 spiro atoms. The molecule has 1 saturated carbocycles. The number of rotatable bonds is 2. The van der Waals surface area contributed by atoms with Crippen LogP contribution >= 0.6 is 11.3 Å². The lowest BCUT2D eigenvalue weighted by Gasteiger charge is -2.30. The summed E-state index contributed by atoms with van der Waals surface area (Å²) in [4.78, 5) is 14.6. The third kappa shape index (κ3) is 1.97. The molecule has 1 saturated heterocycles. The molecule has 0 radical (unpaired) electrons. The minimum Gasteiger partial charge on any atom is -0.321 e. The van der Waals surface area contributed by atoms with Crippen molar-refractivity contribution in [3.63, 3.8) is 0 Å². The molecule has 2 aliphatic rings. The van der Waals surface area contributed by atoms with Gasteiger partial charge in [0, 0.05) is 6.54 Å². The topological polar surface area (TPSA) is 32.3 Å². The predicted octanol–water partition coefficient (Wildman–Crippen LogP) is 2.76. The molecule has 1 aliphatic carbocycles. The van der Waals surface area contributed by atoms with Crippen LogP contribution in [0.25, 0.3) is 0 Å². The second-order valence-electron chi connectivity index (χ2n) is 6.68. The second-order valence-corrected chi connectivity index (χ2v) is 7.46. The zero-order chi connectivity index (χ0) is 13.0. The molecule has 1 amide bonds. The van der Waals surface area contributed by atoms with Crippen LogP contribution in [0.1, 0.15) is 45.3 Å². The van der Waals surface area contributed by atoms with E-state index >= 15 is 0 Å². The lowest BCUT2D eigenvalue weighted by atomic mass is 9.95. The summed E-state index contributed by atoms with van der Waals surface area (Å²) >= 11 is 1.69. The van der Waals surface area contributed by atoms with Gasteiger partial charge in [-0.3, -0.25) is 10.1 Å². The summed E-state index contributed by atoms with van der Waals surface area (Å²) in [7, 11) is 0. The zero-order valence-corrected chi connectivity index (χ0v) is 12.0. The van der Waals surface area contributed by atoms with Gasteiger partial charge in [-0.15, -0.1) is 0 Å². The molecule has 2 heterocycles. The monoisotopic (exact) mass is 264 g/mol. The van der Waals surface area contributed by atoms with Crippen LogP contribution in [0.3, 0.4) is 0 Å². The lowest BCUT2D eigenvalue weighted by molar-refractivity contribution is -0.132. The summed E-state index contributed by atoms with van der Waals surface area (Å²) in [6.45, 7) is 7.36. The van der Waals surface area contributed by atoms with Gasteiger partial charge in [-0.25, -0.2) is 0 Å². The van der Waals surface area contributed by atoms with Crippen molar-refractivity contribution in [3.05, 3.63) is 22.4 Å². The van der Waals surface area contributed by atoms with Crippen molar-refractivity contribution >= 4 is 17.2 Å². The average molecular weight is 264 g/mol. The van der Waals surface area contributed by atoms with Gasteiger partial charge < -0.3 is 4.90 Å². The van der Waals surface area contributed by atoms with Gasteiger partial charge in [0.05, 0.1) is 0 Å². The standard InChI is InChI=1S/C14H20N2OS/c1-13(2,3)9-16-11(10-4-7-18-8-10)15-14(5-6-14)12(16)17/h4,7-8,11,15H,5-6,9H2,1-3H3. The number of carbonyl (C=O) groups excluding carboxylic acids is 1. The third-order valence-electron chi connectivity index (χ3n) is 3.65. The largest absolute Gasteiger partial charge is 0.321 e. The maximum absolute atomic E-state index is 12.5. The molecule has 0 bridgehead atoms. The highest BCUT2D eigenvalue weighted by molar-refractivity contribution is 7.07. The molecule has 1 aromatic heterocycles. The molecule has 2 fully saturated rings. The Balaban J connectivity index is 1.89. The first-order valence-corrected chi connectivity index (χ1v) is 7.47. The Kier molecular flexibility index (Phi) is 2.58. The van der Waals surface area contributed by atoms with E-state index in [2.05, 4.69) is 42.9 Å². The minimum atomic E-state index is -0.224. The Bertz CT molecular complexity index is 457. The van der Waals surface area contributed by atoms with E-state index in [1.54, 1.807) is 11.3 Å². The number of hydrogen-bond acceptors (Lipinski definition) is 3. The molecule has 1 aromatic rings. The van der Waals surface area contributed by atoms with Crippen molar-refractivity contribution in [2.45, 2.75) is 45.3 Å². The Morgan fingerprint density at radius 2 is 2.22 bits per heavy atom. The highest BCUT2D eigenvalue weighted by Gasteiger charge is 2.59. The molecule has 98 valence electrons. The van der Waals surface area contributed by atoms with Crippen molar-refractivity contribution in [1.82, 2.24) is 10.2 Å². The van der Waals surface area contributed by atoms with E-state index in [4.69, 9.17) is 0 Å². The molecule has 3 rings (SSSR count). The fourth-order valence-electron chi connectivity index (χ4n) is 2.64. The number of nitrogens with zero attached hydrogens (tertiary/aromatic N) is 1. The van der Waals surface area contributed by atoms with Crippen molar-refractivity contribution in [2.24, 2.45) is 5.41 Å². The average Bonchev–Trinajstić information content (AvgIpc) is 2.75. The van der Waals surface area contributed by atoms with Gasteiger partial charge >= 0.3 is 0 Å². The molecule has 4 heteroatoms. The summed E-state index contributed by atoms with van der Waals surface area (Å²) in [5, 5.41) is 7.77. The van der Waals surface area contributed by atoms with Crippen LogP contribution in [0.2, 0.25) is 0 Å². The van der Waals surface area contributed by atoms with Gasteiger partial charge in [0.15, 0.2) is 0 Å². The maximum Gasteiger partial charge on any atom is 0.244 e. The molecular formula is C14H20N2OS. The first-order valence-electron chi connectivity index (χ1n) is 6.52. The van der Waals surface area contributed by atoms with Crippen LogP contribution < -0.4 is 5.32 Å². The Labute approximate surface area is 112 Å². The van der Waals surface area contributed by atoms with E-state index in [1.165, 1.54) is 5.56 Å². The Hall–Kier alpha value is -0.870. The Morgan fingerprint density at radius 1 is 1.50 bits per heavy atom. The summed E-state index contributed by atoms with van der Waals surface area (Å²) in [6.07, 6.45) is 2.06. The van der Waals surface area contributed by atoms with E-state index in [1.807, 2.05) is 4.90 Å². The maximum atomic E-state index is 12.5. The van der Waals surface area contributed by atoms with E-state index < -0.39 is 0 Å². The van der Waals surface area contributed by atoms with Crippen LogP contribution in [0.4, 0.5) is 0 Å². The summed E-state index contributed by atoms with van der Waals surface area (Å²) in [5.41, 5.74) is 1.13. The zero-order valence-electron chi connectivity index (χ0n) is 11.2. The molecule has 3 nitrogen and oxygen atoms in total. The van der Waals surface area contributed by atoms with Gasteiger partial charge in [0.2, 0.25) is 5.91 Å². The van der Waals surface area contributed by atoms with Gasteiger partial charge in [-0.1, -0.05) is 20.8 Å². The quantitative estimate of drug-likeness (QED) is 0.891. The summed E-state index contributed by atoms with van der Waals surface area (Å²) in [6, 6.07) is 2.12. The fourth-order valence-corrected chi connectivity index (χ4v) is 3.32. The lowest BCUT2D eigenvalue weighted by Crippen LogP contribution is -2.37. The Morgan fingerprint density at radius 3 is 2.72 bits per heavy atom. The molecular weight excluding hydrogens is 244 g/mol. The van der Waals surface area contributed by atoms with E-state index in [-0.39, 0.29) is 17.1 Å². The van der Waals surface area contributed by atoms with Gasteiger partial charge in [-0.2, -0.15) is 11.3 Å². The highest BCUT2D eigenvalue weighted by Crippen LogP contribution is 2.46. The molecule has 1 aliphatic heterocycles. The van der Waals surface area contributed by atoms with Crippen molar-refractivity contribution in [1.29, 1.82) is 0 Å². The van der Waals surface area contributed by atoms with Crippen LogP contribution in [-0.4, -0.2) is 22.9 Å². The van der Waals surface area contributed by atoms with Crippen molar-refractivity contribution in [2.75, 3.05) is 6.54 Å². The van der Waals surface area contributed by atoms with Gasteiger partial charge in [0.1, 0.15) is 11.7 Å². The number of carbonyl (C=O) groups is 1. The molecule has 1 unspecified atom stereocenters. The van der Waals surface area contributed by atoms with E-state index in [0.717, 1.165) is 19.4 Å². The first-order chi connectivity index (χ1) is 8.41. The smallest absolute Gasteiger partial charge is 0.244 e. The first kappa shape index (κ1) is 12.2. The normalized spacial score (nSPS) is 26.1. The molecule has 0 aromatic carbocycles. The van der Waals surface area contributed by atoms with Crippen LogP contribution in [-0.2, 0) is 4.79 Å². The van der Waals surface area contributed by atoms with Gasteiger partial charge in [-0.05, 0) is 40.6 Å². The third-order valence-corrected chi connectivity index (χ3v) is 4.35. The van der Waals surface area contributed by atoms with Crippen molar-refractivity contribution < 1.29 is 4.79 Å². The number of thiophene rings is 1. The predicted molar refractivity (Wildman–Crippen MR) is 73.3 cm³/mol. The summed E-state index contributed by atoms with van der Waals surface area (Å²) < 4.78 is 0. The molecule has 1 atom stereocenters. The SMILES string of the molecule is CC(C)(C)CN1C(=O)C2(CC2)NC1c1ccsc1. The van der Waals surface area contributed by atoms with Gasteiger partial charge in [0.25, 0.3) is 0 Å².